The molecule has 1 aliphatic rings. The molecule has 188 valence electrons. The molecule has 0 aliphatic carbocycles. The van der Waals surface area contributed by atoms with E-state index in [9.17, 15) is 13.7 Å². The molecule has 0 unspecified atom stereocenters. The summed E-state index contributed by atoms with van der Waals surface area (Å²) in [6, 6.07) is 5.37. The molecular weight excluding hydrogens is 480 g/mol. The van der Waals surface area contributed by atoms with Crippen LogP contribution >= 0.6 is 0 Å². The van der Waals surface area contributed by atoms with Gasteiger partial charge in [0.15, 0.2) is 0 Å². The summed E-state index contributed by atoms with van der Waals surface area (Å²) in [6.45, 7) is 12.4. The van der Waals surface area contributed by atoms with Gasteiger partial charge >= 0.3 is 0 Å². The van der Waals surface area contributed by atoms with E-state index in [0.29, 0.717) is 19.8 Å². The highest BCUT2D eigenvalue weighted by Gasteiger charge is 2.49. The molecule has 4 heterocycles. The minimum absolute atomic E-state index is 0.0589. The van der Waals surface area contributed by atoms with E-state index in [-0.39, 0.29) is 12.2 Å². The van der Waals surface area contributed by atoms with Crippen LogP contribution in [-0.4, -0.2) is 65.3 Å². The van der Waals surface area contributed by atoms with E-state index < -0.39 is 23.6 Å². The van der Waals surface area contributed by atoms with Gasteiger partial charge in [0.25, 0.3) is 0 Å². The molecule has 0 aromatic carbocycles. The third-order valence-corrected chi connectivity index (χ3v) is 10.2. The first-order valence-electron chi connectivity index (χ1n) is 11.9. The van der Waals surface area contributed by atoms with Crippen LogP contribution in [0.2, 0.25) is 25.7 Å². The second-order valence-electron chi connectivity index (χ2n) is 10.6. The Bertz CT molecular complexity index is 1360. The van der Waals surface area contributed by atoms with Crippen molar-refractivity contribution in [3.63, 3.8) is 0 Å². The lowest BCUT2D eigenvalue weighted by Crippen LogP contribution is -2.63. The van der Waals surface area contributed by atoms with Gasteiger partial charge in [-0.1, -0.05) is 19.6 Å². The number of hydrogen-bond donors (Lipinski definition) is 0. The summed E-state index contributed by atoms with van der Waals surface area (Å²) in [4.78, 5) is 9.09. The molecule has 4 rings (SSSR count). The van der Waals surface area contributed by atoms with Crippen molar-refractivity contribution in [2.75, 3.05) is 25.4 Å². The Morgan fingerprint density at radius 1 is 1.23 bits per heavy atom. The van der Waals surface area contributed by atoms with Gasteiger partial charge in [0, 0.05) is 57.3 Å². The van der Waals surface area contributed by atoms with Crippen molar-refractivity contribution in [2.45, 2.75) is 58.2 Å². The van der Waals surface area contributed by atoms with Crippen molar-refractivity contribution in [2.24, 2.45) is 0 Å². The first-order chi connectivity index (χ1) is 16.5. The fourth-order valence-electron chi connectivity index (χ4n) is 4.44. The van der Waals surface area contributed by atoms with Crippen molar-refractivity contribution in [3.05, 3.63) is 36.5 Å². The van der Waals surface area contributed by atoms with Crippen LogP contribution < -0.4 is 0 Å². The van der Waals surface area contributed by atoms with Gasteiger partial charge < -0.3 is 13.9 Å². The zero-order valence-electron chi connectivity index (χ0n) is 21.2. The number of hydrogen-bond acceptors (Lipinski definition) is 6. The minimum atomic E-state index is -3.28. The average molecular weight is 515 g/mol. The first-order valence-corrected chi connectivity index (χ1v) is 17.2. The van der Waals surface area contributed by atoms with E-state index in [1.165, 1.54) is 4.31 Å². The maximum absolute atomic E-state index is 12.3. The van der Waals surface area contributed by atoms with Crippen LogP contribution in [0.25, 0.3) is 22.3 Å². The predicted molar refractivity (Wildman–Crippen MR) is 139 cm³/mol. The summed E-state index contributed by atoms with van der Waals surface area (Å²) >= 11 is 0. The number of nitrogens with zero attached hydrogens (tertiary/aromatic N) is 6. The molecule has 9 nitrogen and oxygen atoms in total. The number of rotatable bonds is 10. The summed E-state index contributed by atoms with van der Waals surface area (Å²) in [5.41, 5.74) is 3.02. The SMILES string of the molecule is CCS(=O)(=O)N1CC(CC#N)(n2cc(C)c(-c3ncnc4c3ccn4COCC[Si](C)(C)C)c2)C1. The van der Waals surface area contributed by atoms with E-state index in [0.717, 1.165) is 40.5 Å². The van der Waals surface area contributed by atoms with Crippen molar-refractivity contribution in [1.82, 2.24) is 23.4 Å². The van der Waals surface area contributed by atoms with Crippen molar-refractivity contribution in [1.29, 1.82) is 5.26 Å². The summed E-state index contributed by atoms with van der Waals surface area (Å²) in [5.74, 6) is 0.0589. The average Bonchev–Trinajstić information content (AvgIpc) is 3.36. The molecule has 3 aromatic rings. The lowest BCUT2D eigenvalue weighted by Gasteiger charge is -2.49. The van der Waals surface area contributed by atoms with Crippen LogP contribution in [0, 0.1) is 18.3 Å². The third-order valence-electron chi connectivity index (χ3n) is 6.72. The van der Waals surface area contributed by atoms with Gasteiger partial charge in [0.1, 0.15) is 18.7 Å². The van der Waals surface area contributed by atoms with E-state index in [1.807, 2.05) is 40.7 Å². The topological polar surface area (TPSA) is 106 Å². The van der Waals surface area contributed by atoms with Crippen molar-refractivity contribution >= 4 is 29.1 Å². The zero-order chi connectivity index (χ0) is 25.4. The molecular formula is C24H34N6O3SSi. The Morgan fingerprint density at radius 2 is 1.97 bits per heavy atom. The standard InChI is InChI=1S/C24H34N6O3SSi/c1-6-34(31,32)30-15-24(16-30,8-9-25)29-13-19(2)21(14-29)22-20-7-10-28(23(20)27-17-26-22)18-33-11-12-35(3,4)5/h7,10,13-14,17H,6,8,11-12,15-16,18H2,1-5H3. The molecule has 0 saturated carbocycles. The molecule has 0 radical (unpaired) electrons. The summed E-state index contributed by atoms with van der Waals surface area (Å²) in [5, 5.41) is 10.4. The van der Waals surface area contributed by atoms with Crippen LogP contribution in [0.5, 0.6) is 0 Å². The number of nitriles is 1. The fourth-order valence-corrected chi connectivity index (χ4v) is 6.44. The fraction of sp³-hybridized carbons (Fsp3) is 0.542. The zero-order valence-corrected chi connectivity index (χ0v) is 23.0. The summed E-state index contributed by atoms with van der Waals surface area (Å²) < 4.78 is 36.0. The van der Waals surface area contributed by atoms with Gasteiger partial charge in [-0.2, -0.15) is 9.57 Å². The second-order valence-corrected chi connectivity index (χ2v) is 18.5. The van der Waals surface area contributed by atoms with Crippen molar-refractivity contribution in [3.8, 4) is 17.3 Å². The molecule has 0 N–H and O–H groups in total. The van der Waals surface area contributed by atoms with Gasteiger partial charge in [0.2, 0.25) is 10.0 Å². The third kappa shape index (κ3) is 5.07. The molecule has 1 fully saturated rings. The van der Waals surface area contributed by atoms with E-state index in [2.05, 4.69) is 35.7 Å². The number of aromatic nitrogens is 4. The predicted octanol–water partition coefficient (Wildman–Crippen LogP) is 3.79. The van der Waals surface area contributed by atoms with Crippen LogP contribution in [0.15, 0.2) is 31.0 Å². The molecule has 35 heavy (non-hydrogen) atoms. The maximum atomic E-state index is 12.3. The highest BCUT2D eigenvalue weighted by atomic mass is 32.2. The van der Waals surface area contributed by atoms with E-state index in [4.69, 9.17) is 4.74 Å². The smallest absolute Gasteiger partial charge is 0.213 e. The van der Waals surface area contributed by atoms with E-state index in [1.54, 1.807) is 13.3 Å². The van der Waals surface area contributed by atoms with Crippen LogP contribution in [0.3, 0.4) is 0 Å². The summed E-state index contributed by atoms with van der Waals surface area (Å²) in [6.07, 6.45) is 7.76. The van der Waals surface area contributed by atoms with Gasteiger partial charge in [-0.15, -0.1) is 0 Å². The molecule has 1 aliphatic heterocycles. The molecule has 0 bridgehead atoms. The van der Waals surface area contributed by atoms with Gasteiger partial charge in [-0.05, 0) is 31.5 Å². The van der Waals surface area contributed by atoms with Crippen LogP contribution in [0.4, 0.5) is 0 Å². The van der Waals surface area contributed by atoms with E-state index >= 15 is 0 Å². The first kappa shape index (κ1) is 25.6. The Hall–Kier alpha value is -2.52. The normalized spacial score (nSPS) is 16.3. The molecule has 1 saturated heterocycles. The highest BCUT2D eigenvalue weighted by molar-refractivity contribution is 7.89. The molecule has 0 atom stereocenters. The van der Waals surface area contributed by atoms with Gasteiger partial charge in [0.05, 0.1) is 29.5 Å². The lowest BCUT2D eigenvalue weighted by atomic mass is 9.89. The van der Waals surface area contributed by atoms with Crippen LogP contribution in [-0.2, 0) is 27.0 Å². The van der Waals surface area contributed by atoms with Gasteiger partial charge in [-0.25, -0.2) is 18.4 Å². The number of sulfonamides is 1. The summed E-state index contributed by atoms with van der Waals surface area (Å²) in [7, 11) is -4.43. The monoisotopic (exact) mass is 514 g/mol. The Morgan fingerprint density at radius 3 is 2.63 bits per heavy atom. The Labute approximate surface area is 208 Å². The highest BCUT2D eigenvalue weighted by Crippen LogP contribution is 2.38. The van der Waals surface area contributed by atoms with Crippen LogP contribution in [0.1, 0.15) is 18.9 Å². The number of aryl methyl sites for hydroxylation is 1. The lowest BCUT2D eigenvalue weighted by molar-refractivity contribution is 0.0850. The number of fused-ring (bicyclic) bond motifs is 1. The largest absolute Gasteiger partial charge is 0.361 e. The molecule has 0 amide bonds. The molecule has 11 heteroatoms. The Kier molecular flexibility index (Phi) is 6.94. The van der Waals surface area contributed by atoms with Crippen molar-refractivity contribution < 1.29 is 13.2 Å². The molecule has 0 spiro atoms. The second kappa shape index (κ2) is 9.50. The minimum Gasteiger partial charge on any atom is -0.361 e. The molecule has 3 aromatic heterocycles. The maximum Gasteiger partial charge on any atom is 0.213 e. The van der Waals surface area contributed by atoms with Gasteiger partial charge in [-0.3, -0.25) is 0 Å². The Balaban J connectivity index is 1.60. The quantitative estimate of drug-likeness (QED) is 0.301. The number of ether oxygens (including phenoxy) is 1.